The number of nitro benzene ring substituents is 1. The molecule has 1 saturated heterocycles. The van der Waals surface area contributed by atoms with E-state index in [2.05, 4.69) is 0 Å². The van der Waals surface area contributed by atoms with Crippen molar-refractivity contribution in [2.75, 3.05) is 31.1 Å². The lowest BCUT2D eigenvalue weighted by Crippen LogP contribution is -2.54. The van der Waals surface area contributed by atoms with Crippen LogP contribution in [0.25, 0.3) is 0 Å². The molecular weight excluding hydrogens is 365 g/mol. The first kappa shape index (κ1) is 19.4. The van der Waals surface area contributed by atoms with Gasteiger partial charge in [0.05, 0.1) is 16.4 Å². The normalized spacial score (nSPS) is 19.9. The van der Waals surface area contributed by atoms with E-state index in [1.807, 2.05) is 0 Å². The molecule has 1 fully saturated rings. The van der Waals surface area contributed by atoms with Gasteiger partial charge in [0, 0.05) is 31.7 Å². The Morgan fingerprint density at radius 2 is 2.00 bits per heavy atom. The molecule has 2 N–H and O–H groups in total. The van der Waals surface area contributed by atoms with E-state index in [1.165, 1.54) is 11.0 Å². The van der Waals surface area contributed by atoms with Crippen LogP contribution in [-0.2, 0) is 10.0 Å². The number of nitrogens with two attached hydrogens (primary N) is 1. The van der Waals surface area contributed by atoms with Crippen molar-refractivity contribution in [1.29, 1.82) is 0 Å². The predicted molar refractivity (Wildman–Crippen MR) is 83.8 cm³/mol. The Balaban J connectivity index is 2.27. The molecule has 0 aromatic heterocycles. The number of benzene rings is 1. The van der Waals surface area contributed by atoms with E-state index in [0.717, 1.165) is 12.1 Å². The van der Waals surface area contributed by atoms with Crippen molar-refractivity contribution in [2.45, 2.75) is 24.0 Å². The first-order valence-electron chi connectivity index (χ1n) is 7.25. The highest BCUT2D eigenvalue weighted by molar-refractivity contribution is 7.89. The summed E-state index contributed by atoms with van der Waals surface area (Å²) in [5.41, 5.74) is -0.307. The molecule has 8 nitrogen and oxygen atoms in total. The summed E-state index contributed by atoms with van der Waals surface area (Å²) < 4.78 is 60.3. The second kappa shape index (κ2) is 6.77. The molecular formula is C13H17F3N4O4S. The molecule has 25 heavy (non-hydrogen) atoms. The van der Waals surface area contributed by atoms with Crippen molar-refractivity contribution in [1.82, 2.24) is 4.90 Å². The lowest BCUT2D eigenvalue weighted by atomic mass is 10.1. The fourth-order valence-corrected chi connectivity index (χ4v) is 3.31. The van der Waals surface area contributed by atoms with Crippen LogP contribution in [0.3, 0.4) is 0 Å². The average molecular weight is 382 g/mol. The molecule has 0 bridgehead atoms. The van der Waals surface area contributed by atoms with Crippen molar-refractivity contribution < 1.29 is 26.5 Å². The Morgan fingerprint density at radius 1 is 1.36 bits per heavy atom. The van der Waals surface area contributed by atoms with E-state index >= 15 is 0 Å². The summed E-state index contributed by atoms with van der Waals surface area (Å²) in [6, 6.07) is 2.78. The number of hydrogen-bond acceptors (Lipinski definition) is 6. The van der Waals surface area contributed by atoms with Crippen molar-refractivity contribution >= 4 is 21.4 Å². The van der Waals surface area contributed by atoms with Crippen LogP contribution in [0.5, 0.6) is 0 Å². The molecule has 1 heterocycles. The molecule has 1 unspecified atom stereocenters. The molecule has 0 aliphatic carbocycles. The van der Waals surface area contributed by atoms with Gasteiger partial charge in [-0.05, 0) is 19.1 Å². The molecule has 0 saturated carbocycles. The zero-order chi connectivity index (χ0) is 19.0. The van der Waals surface area contributed by atoms with Gasteiger partial charge in [-0.1, -0.05) is 0 Å². The highest BCUT2D eigenvalue weighted by Crippen LogP contribution is 2.32. The van der Waals surface area contributed by atoms with Crippen LogP contribution in [0.1, 0.15) is 6.92 Å². The number of primary sulfonamides is 1. The number of nitro groups is 1. The van der Waals surface area contributed by atoms with E-state index in [4.69, 9.17) is 5.14 Å². The van der Waals surface area contributed by atoms with Gasteiger partial charge in [0.2, 0.25) is 10.0 Å². The van der Waals surface area contributed by atoms with Crippen LogP contribution in [0, 0.1) is 10.1 Å². The van der Waals surface area contributed by atoms with E-state index in [-0.39, 0.29) is 25.3 Å². The molecule has 1 aromatic rings. The lowest BCUT2D eigenvalue weighted by Gasteiger charge is -2.40. The molecule has 2 rings (SSSR count). The molecule has 1 aliphatic heterocycles. The summed E-state index contributed by atoms with van der Waals surface area (Å²) in [7, 11) is -4.10. The first-order chi connectivity index (χ1) is 11.4. The average Bonchev–Trinajstić information content (AvgIpc) is 2.46. The minimum atomic E-state index is -4.32. The topological polar surface area (TPSA) is 110 Å². The Labute approximate surface area is 142 Å². The third-order valence-corrected chi connectivity index (χ3v) is 4.87. The van der Waals surface area contributed by atoms with Crippen LogP contribution < -0.4 is 10.0 Å². The molecule has 0 radical (unpaired) electrons. The second-order valence-corrected chi connectivity index (χ2v) is 7.39. The van der Waals surface area contributed by atoms with Crippen LogP contribution in [0.4, 0.5) is 24.5 Å². The van der Waals surface area contributed by atoms with Gasteiger partial charge in [-0.3, -0.25) is 15.0 Å². The van der Waals surface area contributed by atoms with Gasteiger partial charge < -0.3 is 4.90 Å². The van der Waals surface area contributed by atoms with Gasteiger partial charge in [0.15, 0.2) is 0 Å². The molecule has 0 amide bonds. The Hall–Kier alpha value is -1.92. The zero-order valence-electron chi connectivity index (χ0n) is 13.2. The lowest BCUT2D eigenvalue weighted by molar-refractivity contribution is -0.384. The molecule has 1 atom stereocenters. The standard InChI is InChI=1S/C13H17F3N4O4S/c1-9-7-18(4-5-19(9)8-13(14,15)16)11-3-2-10(25(17,23)24)6-12(11)20(21)22/h2-3,6,9H,4-5,7-8H2,1H3,(H2,17,23,24). The smallest absolute Gasteiger partial charge is 0.363 e. The third-order valence-electron chi connectivity index (χ3n) is 3.96. The summed E-state index contributed by atoms with van der Waals surface area (Å²) in [4.78, 5) is 12.9. The van der Waals surface area contributed by atoms with E-state index in [9.17, 15) is 31.7 Å². The number of nitrogens with zero attached hydrogens (tertiary/aromatic N) is 3. The molecule has 12 heteroatoms. The van der Waals surface area contributed by atoms with Gasteiger partial charge in [0.25, 0.3) is 5.69 Å². The summed E-state index contributed by atoms with van der Waals surface area (Å²) in [5.74, 6) is 0. The number of rotatable bonds is 4. The number of anilines is 1. The first-order valence-corrected chi connectivity index (χ1v) is 8.80. The van der Waals surface area contributed by atoms with Gasteiger partial charge in [-0.15, -0.1) is 0 Å². The van der Waals surface area contributed by atoms with Gasteiger partial charge >= 0.3 is 6.18 Å². The van der Waals surface area contributed by atoms with Gasteiger partial charge in [-0.2, -0.15) is 13.2 Å². The van der Waals surface area contributed by atoms with Gasteiger partial charge in [0.1, 0.15) is 5.69 Å². The number of sulfonamides is 1. The molecule has 1 aliphatic rings. The van der Waals surface area contributed by atoms with Crippen molar-refractivity contribution in [3.05, 3.63) is 28.3 Å². The maximum Gasteiger partial charge on any atom is 0.401 e. The number of halogens is 3. The fraction of sp³-hybridized carbons (Fsp3) is 0.538. The quantitative estimate of drug-likeness (QED) is 0.621. The maximum atomic E-state index is 12.5. The summed E-state index contributed by atoms with van der Waals surface area (Å²) in [6.07, 6.45) is -4.32. The minimum absolute atomic E-state index is 0.0781. The van der Waals surface area contributed by atoms with Gasteiger partial charge in [-0.25, -0.2) is 13.6 Å². The van der Waals surface area contributed by atoms with Crippen LogP contribution in [0.2, 0.25) is 0 Å². The summed E-state index contributed by atoms with van der Waals surface area (Å²) in [6.45, 7) is 0.924. The highest BCUT2D eigenvalue weighted by atomic mass is 32.2. The highest BCUT2D eigenvalue weighted by Gasteiger charge is 2.36. The van der Waals surface area contributed by atoms with E-state index in [0.29, 0.717) is 0 Å². The zero-order valence-corrected chi connectivity index (χ0v) is 14.0. The Kier molecular flexibility index (Phi) is 5.25. The van der Waals surface area contributed by atoms with E-state index < -0.39 is 44.3 Å². The molecule has 140 valence electrons. The number of hydrogen-bond donors (Lipinski definition) is 1. The van der Waals surface area contributed by atoms with Crippen LogP contribution in [-0.4, -0.2) is 56.6 Å². The van der Waals surface area contributed by atoms with Crippen LogP contribution in [0.15, 0.2) is 23.1 Å². The Morgan fingerprint density at radius 3 is 2.48 bits per heavy atom. The Bertz CT molecular complexity index is 769. The molecule has 0 spiro atoms. The predicted octanol–water partition coefficient (Wildman–Crippen LogP) is 1.32. The second-order valence-electron chi connectivity index (χ2n) is 5.83. The third kappa shape index (κ3) is 4.80. The van der Waals surface area contributed by atoms with Crippen LogP contribution >= 0.6 is 0 Å². The van der Waals surface area contributed by atoms with Crippen molar-refractivity contribution in [3.63, 3.8) is 0 Å². The van der Waals surface area contributed by atoms with Crippen molar-refractivity contribution in [3.8, 4) is 0 Å². The fourth-order valence-electron chi connectivity index (χ4n) is 2.77. The number of alkyl halides is 3. The maximum absolute atomic E-state index is 12.5. The molecule has 1 aromatic carbocycles. The largest absolute Gasteiger partial charge is 0.401 e. The summed E-state index contributed by atoms with van der Waals surface area (Å²) >= 11 is 0. The monoisotopic (exact) mass is 382 g/mol. The van der Waals surface area contributed by atoms with Crippen molar-refractivity contribution in [2.24, 2.45) is 5.14 Å². The number of piperazine rings is 1. The minimum Gasteiger partial charge on any atom is -0.363 e. The SMILES string of the molecule is CC1CN(c2ccc(S(N)(=O)=O)cc2[N+](=O)[O-])CCN1CC(F)(F)F. The summed E-state index contributed by atoms with van der Waals surface area (Å²) in [5, 5.41) is 16.2. The van der Waals surface area contributed by atoms with E-state index in [1.54, 1.807) is 11.8 Å².